The molecule has 0 fully saturated rings. The molecule has 1 aliphatic rings. The molecule has 0 saturated heterocycles. The van der Waals surface area contributed by atoms with Crippen LogP contribution in [0.1, 0.15) is 19.0 Å². The number of aromatic nitrogens is 2. The van der Waals surface area contributed by atoms with E-state index in [1.165, 1.54) is 4.31 Å². The van der Waals surface area contributed by atoms with Crippen LogP contribution < -0.4 is 0 Å². The molecule has 0 N–H and O–H groups in total. The molecular weight excluding hydrogens is 318 g/mol. The molecule has 0 saturated carbocycles. The van der Waals surface area contributed by atoms with Crippen molar-refractivity contribution >= 4 is 31.5 Å². The largest absolute Gasteiger partial charge is 0.260 e. The number of hydrogen-bond acceptors (Lipinski definition) is 4. The smallest absolute Gasteiger partial charge is 0.214 e. The van der Waals surface area contributed by atoms with E-state index in [-0.39, 0.29) is 5.75 Å². The number of sulfonamides is 1. The van der Waals surface area contributed by atoms with Gasteiger partial charge in [0.05, 0.1) is 23.8 Å². The summed E-state index contributed by atoms with van der Waals surface area (Å²) in [6.07, 6.45) is 5.90. The average Bonchev–Trinajstić information content (AvgIpc) is 2.39. The quantitative estimate of drug-likeness (QED) is 0.845. The first-order valence-electron chi connectivity index (χ1n) is 5.67. The summed E-state index contributed by atoms with van der Waals surface area (Å²) in [5, 5.41) is 0. The third-order valence-electron chi connectivity index (χ3n) is 2.86. The lowest BCUT2D eigenvalue weighted by Gasteiger charge is -2.24. The molecule has 2 rings (SSSR count). The van der Waals surface area contributed by atoms with E-state index in [1.807, 2.05) is 6.08 Å². The topological polar surface area (TPSA) is 63.2 Å². The van der Waals surface area contributed by atoms with E-state index < -0.39 is 10.0 Å². The second-order valence-corrected chi connectivity index (χ2v) is 7.04. The highest BCUT2D eigenvalue weighted by atomic mass is 79.9. The minimum atomic E-state index is -3.09. The van der Waals surface area contributed by atoms with E-state index >= 15 is 0 Å². The van der Waals surface area contributed by atoms with E-state index in [1.54, 1.807) is 19.3 Å². The summed E-state index contributed by atoms with van der Waals surface area (Å²) in [5.41, 5.74) is 1.85. The zero-order valence-corrected chi connectivity index (χ0v) is 12.4. The Morgan fingerprint density at radius 1 is 1.44 bits per heavy atom. The molecule has 18 heavy (non-hydrogen) atoms. The first-order valence-corrected chi connectivity index (χ1v) is 8.08. The number of nitrogens with zero attached hydrogens (tertiary/aromatic N) is 3. The van der Waals surface area contributed by atoms with Gasteiger partial charge in [0.25, 0.3) is 0 Å². The van der Waals surface area contributed by atoms with Gasteiger partial charge in [0.15, 0.2) is 0 Å². The van der Waals surface area contributed by atoms with Crippen LogP contribution in [0.15, 0.2) is 23.1 Å². The van der Waals surface area contributed by atoms with Gasteiger partial charge >= 0.3 is 0 Å². The normalized spacial score (nSPS) is 17.6. The predicted molar refractivity (Wildman–Crippen MR) is 73.4 cm³/mol. The highest BCUT2D eigenvalue weighted by Crippen LogP contribution is 2.22. The van der Waals surface area contributed by atoms with Crippen LogP contribution in [0.3, 0.4) is 0 Å². The highest BCUT2D eigenvalue weighted by Gasteiger charge is 2.23. The molecule has 1 aliphatic heterocycles. The number of halogens is 1. The van der Waals surface area contributed by atoms with E-state index in [2.05, 4.69) is 25.9 Å². The summed E-state index contributed by atoms with van der Waals surface area (Å²) in [6.45, 7) is 2.59. The molecule has 5 nitrogen and oxygen atoms in total. The van der Waals surface area contributed by atoms with Gasteiger partial charge in [0, 0.05) is 13.1 Å². The van der Waals surface area contributed by atoms with Crippen LogP contribution >= 0.6 is 15.9 Å². The number of hydrogen-bond donors (Lipinski definition) is 0. The summed E-state index contributed by atoms with van der Waals surface area (Å²) < 4.78 is 25.6. The third-order valence-corrected chi connectivity index (χ3v) is 5.09. The summed E-state index contributed by atoms with van der Waals surface area (Å²) in [4.78, 5) is 8.38. The fraction of sp³-hybridized carbons (Fsp3) is 0.455. The molecule has 0 bridgehead atoms. The molecule has 0 aliphatic carbocycles. The fourth-order valence-corrected chi connectivity index (χ4v) is 3.16. The SMILES string of the molecule is CCS(=O)(=O)N1CC=C(c2cncc(Br)n2)CC1. The van der Waals surface area contributed by atoms with Crippen LogP contribution in [-0.2, 0) is 10.0 Å². The minimum Gasteiger partial charge on any atom is -0.260 e. The summed E-state index contributed by atoms with van der Waals surface area (Å²) in [7, 11) is -3.09. The van der Waals surface area contributed by atoms with Crippen LogP contribution in [0.4, 0.5) is 0 Å². The number of rotatable bonds is 3. The van der Waals surface area contributed by atoms with E-state index in [0.717, 1.165) is 11.3 Å². The maximum atomic E-state index is 11.7. The van der Waals surface area contributed by atoms with Gasteiger partial charge in [-0.1, -0.05) is 6.08 Å². The van der Waals surface area contributed by atoms with Crippen molar-refractivity contribution in [2.75, 3.05) is 18.8 Å². The first-order chi connectivity index (χ1) is 8.53. The summed E-state index contributed by atoms with van der Waals surface area (Å²) in [5.74, 6) is 0.146. The molecule has 1 aromatic rings. The van der Waals surface area contributed by atoms with Crippen LogP contribution in [-0.4, -0.2) is 41.5 Å². The second-order valence-electron chi connectivity index (χ2n) is 3.96. The predicted octanol–water partition coefficient (Wildman–Crippen LogP) is 1.68. The molecular formula is C11H14BrN3O2S. The van der Waals surface area contributed by atoms with Crippen molar-refractivity contribution in [3.05, 3.63) is 28.8 Å². The first kappa shape index (κ1) is 13.6. The molecule has 0 amide bonds. The Morgan fingerprint density at radius 3 is 2.78 bits per heavy atom. The Morgan fingerprint density at radius 2 is 2.22 bits per heavy atom. The van der Waals surface area contributed by atoms with Gasteiger partial charge in [-0.3, -0.25) is 4.98 Å². The zero-order valence-electron chi connectivity index (χ0n) is 10.0. The zero-order chi connectivity index (χ0) is 13.2. The van der Waals surface area contributed by atoms with Gasteiger partial charge in [-0.25, -0.2) is 13.4 Å². The van der Waals surface area contributed by atoms with Crippen molar-refractivity contribution in [3.8, 4) is 0 Å². The minimum absolute atomic E-state index is 0.146. The molecule has 0 aromatic carbocycles. The van der Waals surface area contributed by atoms with E-state index in [0.29, 0.717) is 24.1 Å². The monoisotopic (exact) mass is 331 g/mol. The van der Waals surface area contributed by atoms with E-state index in [4.69, 9.17) is 0 Å². The van der Waals surface area contributed by atoms with Gasteiger partial charge in [0.2, 0.25) is 10.0 Å². The van der Waals surface area contributed by atoms with Crippen molar-refractivity contribution in [1.82, 2.24) is 14.3 Å². The maximum Gasteiger partial charge on any atom is 0.214 e. The standard InChI is InChI=1S/C11H14BrN3O2S/c1-2-18(16,17)15-5-3-9(4-6-15)10-7-13-8-11(12)14-10/h3,7-8H,2,4-6H2,1H3. The Labute approximate surface area is 115 Å². The Hall–Kier alpha value is -0.790. The molecule has 0 atom stereocenters. The molecule has 1 aromatic heterocycles. The van der Waals surface area contributed by atoms with Gasteiger partial charge in [-0.05, 0) is 34.8 Å². The van der Waals surface area contributed by atoms with Crippen LogP contribution in [0, 0.1) is 0 Å². The van der Waals surface area contributed by atoms with Gasteiger partial charge in [-0.15, -0.1) is 0 Å². The Bertz CT molecular complexity index is 571. The van der Waals surface area contributed by atoms with Crippen LogP contribution in [0.2, 0.25) is 0 Å². The highest BCUT2D eigenvalue weighted by molar-refractivity contribution is 9.10. The lowest BCUT2D eigenvalue weighted by molar-refractivity contribution is 0.442. The molecule has 0 spiro atoms. The maximum absolute atomic E-state index is 11.7. The molecule has 0 unspecified atom stereocenters. The van der Waals surface area contributed by atoms with Crippen molar-refractivity contribution in [2.24, 2.45) is 0 Å². The molecule has 7 heteroatoms. The van der Waals surface area contributed by atoms with Gasteiger partial charge < -0.3 is 0 Å². The van der Waals surface area contributed by atoms with Crippen molar-refractivity contribution in [3.63, 3.8) is 0 Å². The molecule has 0 radical (unpaired) electrons. The molecule has 98 valence electrons. The summed E-state index contributed by atoms with van der Waals surface area (Å²) in [6, 6.07) is 0. The van der Waals surface area contributed by atoms with Gasteiger partial charge in [-0.2, -0.15) is 4.31 Å². The van der Waals surface area contributed by atoms with E-state index in [9.17, 15) is 8.42 Å². The van der Waals surface area contributed by atoms with Gasteiger partial charge in [0.1, 0.15) is 4.60 Å². The van der Waals surface area contributed by atoms with Crippen molar-refractivity contribution in [2.45, 2.75) is 13.3 Å². The Balaban J connectivity index is 2.17. The molecule has 2 heterocycles. The third kappa shape index (κ3) is 2.96. The van der Waals surface area contributed by atoms with Crippen LogP contribution in [0.5, 0.6) is 0 Å². The second kappa shape index (κ2) is 5.46. The fourth-order valence-electron chi connectivity index (χ4n) is 1.82. The lowest BCUT2D eigenvalue weighted by atomic mass is 10.1. The average molecular weight is 332 g/mol. The lowest BCUT2D eigenvalue weighted by Crippen LogP contribution is -2.35. The van der Waals surface area contributed by atoms with Crippen LogP contribution in [0.25, 0.3) is 5.57 Å². The summed E-state index contributed by atoms with van der Waals surface area (Å²) >= 11 is 3.28. The van der Waals surface area contributed by atoms with Crippen molar-refractivity contribution in [1.29, 1.82) is 0 Å². The van der Waals surface area contributed by atoms with Crippen molar-refractivity contribution < 1.29 is 8.42 Å². The Kier molecular flexibility index (Phi) is 4.14.